The van der Waals surface area contributed by atoms with E-state index in [1.165, 1.54) is 17.2 Å². The fourth-order valence-corrected chi connectivity index (χ4v) is 8.37. The Hall–Kier alpha value is -3.25. The number of aromatic nitrogens is 4. The van der Waals surface area contributed by atoms with Gasteiger partial charge >= 0.3 is 25.7 Å². The van der Waals surface area contributed by atoms with Gasteiger partial charge in [-0.1, -0.05) is 102 Å². The zero-order valence-corrected chi connectivity index (χ0v) is 32.6. The SMILES string of the molecule is CCC1=C(CC)c2cc3[n-]c(c(CC)c3CC)c3ccc(C(F)(F)F)c4c3nc(cc3[n-]c(cc1n2)c(CC)c3CC)C4(CC)CC.[Zn+2]. The Labute approximate surface area is 294 Å². The Balaban J connectivity index is 0.00000451. The third kappa shape index (κ3) is 5.38. The number of nitrogens with zero attached hydrogens (tertiary/aromatic N) is 4. The molecule has 0 saturated carbocycles. The summed E-state index contributed by atoms with van der Waals surface area (Å²) in [6, 6.07) is 9.06. The largest absolute Gasteiger partial charge is 2.00 e. The van der Waals surface area contributed by atoms with Crippen LogP contribution in [0.3, 0.4) is 0 Å². The summed E-state index contributed by atoms with van der Waals surface area (Å²) in [5, 5.41) is 0.663. The molecule has 0 unspecified atom stereocenters. The van der Waals surface area contributed by atoms with Crippen LogP contribution in [0.4, 0.5) is 13.2 Å². The molecule has 48 heavy (non-hydrogen) atoms. The fraction of sp³-hybridized carbons (Fsp3) is 0.450. The molecular weight excluding hydrogens is 659 g/mol. The van der Waals surface area contributed by atoms with E-state index in [-0.39, 0.29) is 25.0 Å². The first-order valence-corrected chi connectivity index (χ1v) is 17.5. The minimum absolute atomic E-state index is 0. The van der Waals surface area contributed by atoms with Crippen molar-refractivity contribution in [1.29, 1.82) is 0 Å². The second kappa shape index (κ2) is 13.6. The average Bonchev–Trinajstić information content (AvgIpc) is 3.78. The van der Waals surface area contributed by atoms with Crippen molar-refractivity contribution in [1.82, 2.24) is 19.9 Å². The van der Waals surface area contributed by atoms with Crippen LogP contribution in [0.15, 0.2) is 30.3 Å². The first-order valence-electron chi connectivity index (χ1n) is 17.5. The van der Waals surface area contributed by atoms with Crippen molar-refractivity contribution in [2.24, 2.45) is 0 Å². The molecule has 0 aliphatic carbocycles. The molecule has 0 atom stereocenters. The van der Waals surface area contributed by atoms with Crippen molar-refractivity contribution in [3.05, 3.63) is 80.8 Å². The van der Waals surface area contributed by atoms with Gasteiger partial charge in [-0.25, -0.2) is 4.98 Å². The number of rotatable bonds is 8. The molecule has 0 fully saturated rings. The van der Waals surface area contributed by atoms with Gasteiger partial charge in [0.1, 0.15) is 0 Å². The van der Waals surface area contributed by atoms with Crippen LogP contribution in [0.1, 0.15) is 132 Å². The maximum atomic E-state index is 14.9. The van der Waals surface area contributed by atoms with Crippen LogP contribution < -0.4 is 9.97 Å². The molecule has 0 saturated heterocycles. The zero-order valence-electron chi connectivity index (χ0n) is 29.7. The minimum Gasteiger partial charge on any atom is -0.657 e. The molecule has 4 nitrogen and oxygen atoms in total. The van der Waals surface area contributed by atoms with Crippen LogP contribution in [0.5, 0.6) is 0 Å². The molecular formula is C40H45F3N4Zn. The van der Waals surface area contributed by atoms with Gasteiger partial charge in [-0.2, -0.15) is 13.2 Å². The quantitative estimate of drug-likeness (QED) is 0.171. The molecule has 0 N–H and O–H groups in total. The smallest absolute Gasteiger partial charge is 0.657 e. The second-order valence-corrected chi connectivity index (χ2v) is 12.7. The Bertz CT molecular complexity index is 2080. The standard InChI is InChI=1S/C40H45F3N4.Zn/c1-9-22-23(10-2)32-20-33-26(13-5)27(14-6)37(46-33)28-17-18-29(40(41,42)43)36-38(28)47-35(39(36,15-7)16-8)21-34-25(12-4)24(11-3)31(45-34)19-30(22)44-32;/h17-21H,9-16H2,1-8H3;/q-2;+2. The predicted octanol–water partition coefficient (Wildman–Crippen LogP) is 10.8. The molecule has 4 aromatic rings. The molecule has 8 heteroatoms. The summed E-state index contributed by atoms with van der Waals surface area (Å²) in [6.07, 6.45) is 1.12. The van der Waals surface area contributed by atoms with E-state index in [4.69, 9.17) is 19.9 Å². The van der Waals surface area contributed by atoms with E-state index in [2.05, 4.69) is 53.7 Å². The fourth-order valence-electron chi connectivity index (χ4n) is 8.37. The molecule has 2 aliphatic heterocycles. The molecule has 6 rings (SSSR count). The summed E-state index contributed by atoms with van der Waals surface area (Å²) in [7, 11) is 0. The first kappa shape index (κ1) is 36.0. The van der Waals surface area contributed by atoms with Gasteiger partial charge in [0.25, 0.3) is 0 Å². The Morgan fingerprint density at radius 2 is 1.12 bits per heavy atom. The van der Waals surface area contributed by atoms with Crippen molar-refractivity contribution in [3.8, 4) is 0 Å². The number of fused-ring (bicyclic) bond motifs is 8. The summed E-state index contributed by atoms with van der Waals surface area (Å²) < 4.78 is 44.7. The van der Waals surface area contributed by atoms with Crippen LogP contribution >= 0.6 is 0 Å². The number of hydrogen-bond donors (Lipinski definition) is 0. The van der Waals surface area contributed by atoms with Gasteiger partial charge in [0.15, 0.2) is 0 Å². The molecule has 248 valence electrons. The molecule has 0 spiro atoms. The molecule has 0 radical (unpaired) electrons. The van der Waals surface area contributed by atoms with Gasteiger partial charge in [-0.05, 0) is 74.0 Å². The second-order valence-electron chi connectivity index (χ2n) is 12.7. The van der Waals surface area contributed by atoms with E-state index >= 15 is 0 Å². The monoisotopic (exact) mass is 702 g/mol. The van der Waals surface area contributed by atoms with Crippen molar-refractivity contribution < 1.29 is 32.6 Å². The third-order valence-corrected chi connectivity index (χ3v) is 10.7. The van der Waals surface area contributed by atoms with Crippen molar-refractivity contribution in [3.63, 3.8) is 0 Å². The Kier molecular flexibility index (Phi) is 10.2. The van der Waals surface area contributed by atoms with Gasteiger partial charge in [0, 0.05) is 11.0 Å². The van der Waals surface area contributed by atoms with E-state index in [9.17, 15) is 13.2 Å². The normalized spacial score (nSPS) is 14.3. The predicted molar refractivity (Wildman–Crippen MR) is 188 cm³/mol. The molecule has 1 aromatic carbocycles. The maximum Gasteiger partial charge on any atom is 2.00 e. The van der Waals surface area contributed by atoms with Gasteiger partial charge < -0.3 is 9.97 Å². The zero-order chi connectivity index (χ0) is 33.8. The minimum atomic E-state index is -4.53. The number of halogens is 3. The van der Waals surface area contributed by atoms with Crippen molar-refractivity contribution >= 4 is 44.1 Å². The molecule has 3 aromatic heterocycles. The topological polar surface area (TPSA) is 54.0 Å². The number of benzene rings is 1. The maximum absolute atomic E-state index is 14.9. The van der Waals surface area contributed by atoms with Crippen LogP contribution in [0, 0.1) is 0 Å². The number of allylic oxidation sites excluding steroid dienone is 2. The van der Waals surface area contributed by atoms with E-state index < -0.39 is 17.2 Å². The van der Waals surface area contributed by atoms with E-state index in [0.29, 0.717) is 35.9 Å². The van der Waals surface area contributed by atoms with E-state index in [0.717, 1.165) is 87.8 Å². The Morgan fingerprint density at radius 1 is 0.625 bits per heavy atom. The molecule has 0 amide bonds. The summed E-state index contributed by atoms with van der Waals surface area (Å²) in [5.74, 6) is 0. The summed E-state index contributed by atoms with van der Waals surface area (Å²) in [6.45, 7) is 16.8. The molecule has 8 bridgehead atoms. The van der Waals surface area contributed by atoms with E-state index in [1.54, 1.807) is 6.07 Å². The van der Waals surface area contributed by atoms with Gasteiger partial charge in [0.05, 0.1) is 28.2 Å². The van der Waals surface area contributed by atoms with E-state index in [1.807, 2.05) is 19.9 Å². The third-order valence-electron chi connectivity index (χ3n) is 10.7. The van der Waals surface area contributed by atoms with Crippen LogP contribution in [-0.4, -0.2) is 9.97 Å². The number of hydrogen-bond acceptors (Lipinski definition) is 2. The first-order chi connectivity index (χ1) is 22.5. The Morgan fingerprint density at radius 3 is 1.60 bits per heavy atom. The van der Waals surface area contributed by atoms with Crippen LogP contribution in [0.25, 0.3) is 44.1 Å². The summed E-state index contributed by atoms with van der Waals surface area (Å²) in [5.41, 5.74) is 11.7. The van der Waals surface area contributed by atoms with Crippen molar-refractivity contribution in [2.75, 3.05) is 0 Å². The van der Waals surface area contributed by atoms with Crippen LogP contribution in [0.2, 0.25) is 0 Å². The van der Waals surface area contributed by atoms with Gasteiger partial charge in [0.2, 0.25) is 0 Å². The van der Waals surface area contributed by atoms with Gasteiger partial charge in [-0.3, -0.25) is 4.98 Å². The van der Waals surface area contributed by atoms with Gasteiger partial charge in [-0.15, -0.1) is 22.1 Å². The number of alkyl halides is 3. The van der Waals surface area contributed by atoms with Crippen LogP contribution in [-0.2, 0) is 56.8 Å². The summed E-state index contributed by atoms with van der Waals surface area (Å²) >= 11 is 0. The summed E-state index contributed by atoms with van der Waals surface area (Å²) in [4.78, 5) is 20.8. The molecule has 5 heterocycles. The number of aryl methyl sites for hydroxylation is 4. The average molecular weight is 704 g/mol. The molecule has 2 aliphatic rings. The van der Waals surface area contributed by atoms with Crippen molar-refractivity contribution in [2.45, 2.75) is 118 Å².